The molecule has 0 aliphatic heterocycles. The lowest BCUT2D eigenvalue weighted by Gasteiger charge is -2.19. The van der Waals surface area contributed by atoms with Crippen LogP contribution in [0.4, 0.5) is 0 Å². The quantitative estimate of drug-likeness (QED) is 0.260. The van der Waals surface area contributed by atoms with E-state index < -0.39 is 14.6 Å². The first-order valence-electron chi connectivity index (χ1n) is 7.84. The van der Waals surface area contributed by atoms with Crippen LogP contribution in [0.3, 0.4) is 0 Å². The van der Waals surface area contributed by atoms with Crippen LogP contribution in [0.2, 0.25) is 0 Å². The number of guanidine groups is 1. The van der Waals surface area contributed by atoms with Gasteiger partial charge in [-0.15, -0.1) is 24.0 Å². The second-order valence-corrected chi connectivity index (χ2v) is 9.52. The van der Waals surface area contributed by atoms with E-state index >= 15 is 0 Å². The van der Waals surface area contributed by atoms with E-state index in [1.54, 1.807) is 20.8 Å². The summed E-state index contributed by atoms with van der Waals surface area (Å²) in [5.41, 5.74) is 0. The fourth-order valence-electron chi connectivity index (χ4n) is 1.64. The SMILES string of the molecule is CCNC(=NCCCC(C)C)NCCS(=O)(=O)C(C)(C)C.I. The predicted octanol–water partition coefficient (Wildman–Crippen LogP) is 2.81. The van der Waals surface area contributed by atoms with Crippen LogP contribution in [0.1, 0.15) is 54.4 Å². The smallest absolute Gasteiger partial charge is 0.191 e. The molecule has 0 bridgehead atoms. The highest BCUT2D eigenvalue weighted by molar-refractivity contribution is 14.0. The molecule has 0 atom stereocenters. The molecule has 7 heteroatoms. The Hall–Kier alpha value is -0.0500. The molecule has 5 nitrogen and oxygen atoms in total. The Balaban J connectivity index is 0. The molecule has 0 fully saturated rings. The molecule has 2 N–H and O–H groups in total. The Morgan fingerprint density at radius 1 is 1.18 bits per heavy atom. The van der Waals surface area contributed by atoms with E-state index in [1.807, 2.05) is 6.92 Å². The maximum Gasteiger partial charge on any atom is 0.191 e. The molecule has 0 aliphatic rings. The van der Waals surface area contributed by atoms with E-state index in [0.717, 1.165) is 25.9 Å². The first-order valence-corrected chi connectivity index (χ1v) is 9.50. The van der Waals surface area contributed by atoms with Gasteiger partial charge in [0.05, 0.1) is 10.5 Å². The zero-order valence-electron chi connectivity index (χ0n) is 14.9. The zero-order valence-corrected chi connectivity index (χ0v) is 18.0. The van der Waals surface area contributed by atoms with Crippen molar-refractivity contribution >= 4 is 39.8 Å². The minimum Gasteiger partial charge on any atom is -0.357 e. The molecule has 0 aromatic carbocycles. The van der Waals surface area contributed by atoms with Crippen molar-refractivity contribution in [2.24, 2.45) is 10.9 Å². The zero-order chi connectivity index (χ0) is 16.5. The summed E-state index contributed by atoms with van der Waals surface area (Å²) in [5, 5.41) is 6.24. The van der Waals surface area contributed by atoms with Gasteiger partial charge in [-0.05, 0) is 46.5 Å². The van der Waals surface area contributed by atoms with Gasteiger partial charge in [0.15, 0.2) is 15.8 Å². The van der Waals surface area contributed by atoms with E-state index in [9.17, 15) is 8.42 Å². The molecule has 0 spiro atoms. The third-order valence-corrected chi connectivity index (χ3v) is 5.76. The maximum atomic E-state index is 12.0. The molecular formula is C15H34IN3O2S. The summed E-state index contributed by atoms with van der Waals surface area (Å²) in [5.74, 6) is 1.51. The highest BCUT2D eigenvalue weighted by Gasteiger charge is 2.28. The molecule has 0 aromatic heterocycles. The molecule has 0 aliphatic carbocycles. The lowest BCUT2D eigenvalue weighted by atomic mass is 10.1. The van der Waals surface area contributed by atoms with Crippen molar-refractivity contribution in [1.29, 1.82) is 0 Å². The monoisotopic (exact) mass is 447 g/mol. The molecule has 0 amide bonds. The second-order valence-electron chi connectivity index (χ2n) is 6.65. The Bertz CT molecular complexity index is 415. The van der Waals surface area contributed by atoms with Gasteiger partial charge in [0, 0.05) is 19.6 Å². The molecule has 0 aromatic rings. The average Bonchev–Trinajstić information content (AvgIpc) is 2.32. The highest BCUT2D eigenvalue weighted by Crippen LogP contribution is 2.15. The van der Waals surface area contributed by atoms with Crippen LogP contribution in [-0.2, 0) is 9.84 Å². The van der Waals surface area contributed by atoms with Crippen LogP contribution < -0.4 is 10.6 Å². The largest absolute Gasteiger partial charge is 0.357 e. The molecule has 0 saturated heterocycles. The second kappa shape index (κ2) is 11.5. The maximum absolute atomic E-state index is 12.0. The van der Waals surface area contributed by atoms with Crippen LogP contribution in [-0.4, -0.2) is 44.5 Å². The molecule has 0 rings (SSSR count). The normalized spacial score (nSPS) is 13.0. The van der Waals surface area contributed by atoms with E-state index in [1.165, 1.54) is 0 Å². The molecule has 134 valence electrons. The van der Waals surface area contributed by atoms with E-state index in [2.05, 4.69) is 29.5 Å². The Morgan fingerprint density at radius 3 is 2.23 bits per heavy atom. The third-order valence-electron chi connectivity index (χ3n) is 3.15. The van der Waals surface area contributed by atoms with Gasteiger partial charge in [-0.1, -0.05) is 13.8 Å². The van der Waals surface area contributed by atoms with Gasteiger partial charge in [-0.25, -0.2) is 8.42 Å². The molecule has 22 heavy (non-hydrogen) atoms. The summed E-state index contributed by atoms with van der Waals surface area (Å²) in [6, 6.07) is 0. The topological polar surface area (TPSA) is 70.6 Å². The first kappa shape index (κ1) is 24.2. The number of aliphatic imine (C=N–C) groups is 1. The lowest BCUT2D eigenvalue weighted by molar-refractivity contribution is 0.557. The number of rotatable bonds is 8. The highest BCUT2D eigenvalue weighted by atomic mass is 127. The summed E-state index contributed by atoms with van der Waals surface area (Å²) in [6.07, 6.45) is 2.20. The van der Waals surface area contributed by atoms with E-state index in [-0.39, 0.29) is 29.7 Å². The van der Waals surface area contributed by atoms with Crippen molar-refractivity contribution in [1.82, 2.24) is 10.6 Å². The summed E-state index contributed by atoms with van der Waals surface area (Å²) in [4.78, 5) is 4.47. The fraction of sp³-hybridized carbons (Fsp3) is 0.933. The van der Waals surface area contributed by atoms with Crippen LogP contribution in [0, 0.1) is 5.92 Å². The van der Waals surface area contributed by atoms with Crippen molar-refractivity contribution in [3.8, 4) is 0 Å². The Labute approximate surface area is 154 Å². The summed E-state index contributed by atoms with van der Waals surface area (Å²) in [6.45, 7) is 13.5. The van der Waals surface area contributed by atoms with Crippen LogP contribution in [0.25, 0.3) is 0 Å². The minimum absolute atomic E-state index is 0. The van der Waals surface area contributed by atoms with Crippen molar-refractivity contribution < 1.29 is 8.42 Å². The standard InChI is InChI=1S/C15H33N3O2S.HI/c1-7-16-14(17-10-8-9-13(2)3)18-11-12-21(19,20)15(4,5)6;/h13H,7-12H2,1-6H3,(H2,16,17,18);1H. The van der Waals surface area contributed by atoms with Gasteiger partial charge in [0.2, 0.25) is 0 Å². The van der Waals surface area contributed by atoms with Gasteiger partial charge in [-0.3, -0.25) is 4.99 Å². The number of nitrogens with zero attached hydrogens (tertiary/aromatic N) is 1. The minimum atomic E-state index is -3.09. The van der Waals surface area contributed by atoms with E-state index in [0.29, 0.717) is 18.4 Å². The van der Waals surface area contributed by atoms with Crippen molar-refractivity contribution in [2.75, 3.05) is 25.4 Å². The van der Waals surface area contributed by atoms with Crippen molar-refractivity contribution in [2.45, 2.75) is 59.1 Å². The molecular weight excluding hydrogens is 413 g/mol. The summed E-state index contributed by atoms with van der Waals surface area (Å²) in [7, 11) is -3.09. The fourth-order valence-corrected chi connectivity index (χ4v) is 2.63. The van der Waals surface area contributed by atoms with Crippen molar-refractivity contribution in [3.63, 3.8) is 0 Å². The Kier molecular flexibility index (Phi) is 12.6. The molecule has 0 unspecified atom stereocenters. The molecule has 0 heterocycles. The van der Waals surface area contributed by atoms with Gasteiger partial charge >= 0.3 is 0 Å². The summed E-state index contributed by atoms with van der Waals surface area (Å²) >= 11 is 0. The average molecular weight is 447 g/mol. The number of halogens is 1. The van der Waals surface area contributed by atoms with Gasteiger partial charge in [-0.2, -0.15) is 0 Å². The van der Waals surface area contributed by atoms with Gasteiger partial charge in [0.25, 0.3) is 0 Å². The van der Waals surface area contributed by atoms with Crippen LogP contribution >= 0.6 is 24.0 Å². The predicted molar refractivity (Wildman–Crippen MR) is 107 cm³/mol. The molecule has 0 saturated carbocycles. The van der Waals surface area contributed by atoms with Crippen LogP contribution in [0.15, 0.2) is 4.99 Å². The number of hydrogen-bond donors (Lipinski definition) is 2. The third kappa shape index (κ3) is 10.6. The number of hydrogen-bond acceptors (Lipinski definition) is 3. The van der Waals surface area contributed by atoms with Gasteiger partial charge in [0.1, 0.15) is 0 Å². The van der Waals surface area contributed by atoms with Gasteiger partial charge < -0.3 is 10.6 Å². The van der Waals surface area contributed by atoms with Crippen LogP contribution in [0.5, 0.6) is 0 Å². The van der Waals surface area contributed by atoms with E-state index in [4.69, 9.17) is 0 Å². The summed E-state index contributed by atoms with van der Waals surface area (Å²) < 4.78 is 23.3. The lowest BCUT2D eigenvalue weighted by Crippen LogP contribution is -2.41. The number of sulfone groups is 1. The molecule has 0 radical (unpaired) electrons. The number of nitrogens with one attached hydrogen (secondary N) is 2. The van der Waals surface area contributed by atoms with Crippen molar-refractivity contribution in [3.05, 3.63) is 0 Å². The Morgan fingerprint density at radius 2 is 1.77 bits per heavy atom. The first-order chi connectivity index (χ1) is 9.60.